The average molecular weight is 429 g/mol. The van der Waals surface area contributed by atoms with Crippen molar-refractivity contribution < 1.29 is 38.8 Å². The summed E-state index contributed by atoms with van der Waals surface area (Å²) in [5.41, 5.74) is 0.529. The van der Waals surface area contributed by atoms with E-state index in [2.05, 4.69) is 5.32 Å². The summed E-state index contributed by atoms with van der Waals surface area (Å²) < 4.78 is 15.9. The molecule has 0 saturated carbocycles. The van der Waals surface area contributed by atoms with Gasteiger partial charge in [-0.05, 0) is 24.3 Å². The monoisotopic (exact) mass is 429 g/mol. The van der Waals surface area contributed by atoms with Crippen LogP contribution in [0.2, 0.25) is 0 Å². The third-order valence-corrected chi connectivity index (χ3v) is 4.70. The van der Waals surface area contributed by atoms with Gasteiger partial charge in [-0.15, -0.1) is 0 Å². The molecule has 0 radical (unpaired) electrons. The molecule has 1 aliphatic heterocycles. The Labute approximate surface area is 178 Å². The molecule has 1 saturated heterocycles. The molecule has 2 aromatic rings. The van der Waals surface area contributed by atoms with Crippen LogP contribution >= 0.6 is 0 Å². The van der Waals surface area contributed by atoms with E-state index in [0.717, 1.165) is 0 Å². The van der Waals surface area contributed by atoms with Gasteiger partial charge in [0.05, 0.1) is 11.1 Å². The first-order valence-corrected chi connectivity index (χ1v) is 9.63. The first kappa shape index (κ1) is 22.4. The van der Waals surface area contributed by atoms with E-state index < -0.39 is 55.1 Å². The summed E-state index contributed by atoms with van der Waals surface area (Å²) in [6.45, 7) is 0.807. The molecule has 164 valence electrons. The Balaban J connectivity index is 1.73. The number of carbonyl (C=O) groups excluding carboxylic acids is 3. The van der Waals surface area contributed by atoms with E-state index in [9.17, 15) is 24.6 Å². The minimum atomic E-state index is -1.61. The zero-order valence-electron chi connectivity index (χ0n) is 16.7. The number of amides is 1. The summed E-state index contributed by atoms with van der Waals surface area (Å²) in [7, 11) is 0. The first-order chi connectivity index (χ1) is 14.9. The van der Waals surface area contributed by atoms with Gasteiger partial charge < -0.3 is 29.7 Å². The summed E-state index contributed by atoms with van der Waals surface area (Å²) in [5, 5.41) is 23.5. The second-order valence-corrected chi connectivity index (χ2v) is 6.98. The standard InChI is InChI=1S/C22H23NO8/c1-13(24)23-17-19(31-21(27)15-10-6-3-7-11-15)18(25)16(30-22(17)28)12-29-20(26)14-8-4-2-5-9-14/h2-11,16-19,22,25,28H,12H2,1H3,(H,23,24)/t16?,17?,18-,19?,22-/m1/s1. The Bertz CT molecular complexity index is 904. The number of nitrogens with one attached hydrogen (secondary N) is 1. The number of esters is 2. The van der Waals surface area contributed by atoms with Gasteiger partial charge in [0.25, 0.3) is 0 Å². The number of hydrogen-bond acceptors (Lipinski definition) is 8. The Morgan fingerprint density at radius 2 is 1.48 bits per heavy atom. The molecule has 0 aromatic heterocycles. The molecular formula is C22H23NO8. The molecule has 0 aliphatic carbocycles. The molecule has 5 atom stereocenters. The molecule has 1 amide bonds. The fraction of sp³-hybridized carbons (Fsp3) is 0.318. The van der Waals surface area contributed by atoms with Crippen LogP contribution in [0.25, 0.3) is 0 Å². The van der Waals surface area contributed by atoms with Gasteiger partial charge in [-0.3, -0.25) is 4.79 Å². The third kappa shape index (κ3) is 5.66. The van der Waals surface area contributed by atoms with Gasteiger partial charge >= 0.3 is 11.9 Å². The summed E-state index contributed by atoms with van der Waals surface area (Å²) in [6, 6.07) is 15.0. The fourth-order valence-electron chi connectivity index (χ4n) is 3.18. The maximum Gasteiger partial charge on any atom is 0.338 e. The first-order valence-electron chi connectivity index (χ1n) is 9.63. The summed E-state index contributed by atoms with van der Waals surface area (Å²) >= 11 is 0. The lowest BCUT2D eigenvalue weighted by molar-refractivity contribution is -0.253. The highest BCUT2D eigenvalue weighted by molar-refractivity contribution is 5.90. The van der Waals surface area contributed by atoms with Crippen LogP contribution in [0.15, 0.2) is 60.7 Å². The molecule has 3 rings (SSSR count). The van der Waals surface area contributed by atoms with Crippen molar-refractivity contribution in [2.75, 3.05) is 6.61 Å². The smallest absolute Gasteiger partial charge is 0.338 e. The van der Waals surface area contributed by atoms with Gasteiger partial charge in [-0.2, -0.15) is 0 Å². The Kier molecular flexibility index (Phi) is 7.35. The van der Waals surface area contributed by atoms with Gasteiger partial charge in [0.1, 0.15) is 24.9 Å². The SMILES string of the molecule is CC(=O)NC1C(OC(=O)c2ccccc2)[C@H](O)C(COC(=O)c2ccccc2)O[C@H]1O. The molecule has 0 bridgehead atoms. The zero-order chi connectivity index (χ0) is 22.4. The van der Waals surface area contributed by atoms with Crippen LogP contribution in [0.3, 0.4) is 0 Å². The molecule has 0 spiro atoms. The summed E-state index contributed by atoms with van der Waals surface area (Å²) in [6.07, 6.45) is -5.64. The molecule has 3 N–H and O–H groups in total. The van der Waals surface area contributed by atoms with Crippen LogP contribution in [0, 0.1) is 0 Å². The molecule has 1 fully saturated rings. The van der Waals surface area contributed by atoms with E-state index in [1.165, 1.54) is 19.1 Å². The van der Waals surface area contributed by atoms with Gasteiger partial charge in [0.2, 0.25) is 5.91 Å². The molecule has 31 heavy (non-hydrogen) atoms. The Morgan fingerprint density at radius 1 is 0.935 bits per heavy atom. The van der Waals surface area contributed by atoms with Crippen molar-refractivity contribution in [3.8, 4) is 0 Å². The maximum atomic E-state index is 12.5. The number of ether oxygens (including phenoxy) is 3. The van der Waals surface area contributed by atoms with E-state index in [4.69, 9.17) is 14.2 Å². The van der Waals surface area contributed by atoms with Crippen LogP contribution in [0.5, 0.6) is 0 Å². The number of rotatable bonds is 6. The van der Waals surface area contributed by atoms with Crippen LogP contribution in [-0.4, -0.2) is 65.3 Å². The second-order valence-electron chi connectivity index (χ2n) is 6.98. The van der Waals surface area contributed by atoms with E-state index in [-0.39, 0.29) is 5.56 Å². The van der Waals surface area contributed by atoms with E-state index in [1.807, 2.05) is 0 Å². The summed E-state index contributed by atoms with van der Waals surface area (Å²) in [5.74, 6) is -1.92. The highest BCUT2D eigenvalue weighted by Crippen LogP contribution is 2.24. The van der Waals surface area contributed by atoms with Crippen LogP contribution < -0.4 is 5.32 Å². The van der Waals surface area contributed by atoms with Gasteiger partial charge in [-0.1, -0.05) is 36.4 Å². The third-order valence-electron chi connectivity index (χ3n) is 4.70. The molecule has 2 aromatic carbocycles. The number of carbonyl (C=O) groups is 3. The lowest BCUT2D eigenvalue weighted by atomic mass is 9.96. The summed E-state index contributed by atoms with van der Waals surface area (Å²) in [4.78, 5) is 36.2. The quantitative estimate of drug-likeness (QED) is 0.571. The van der Waals surface area contributed by atoms with Crippen molar-refractivity contribution in [1.29, 1.82) is 0 Å². The van der Waals surface area contributed by atoms with Crippen molar-refractivity contribution in [2.45, 2.75) is 37.6 Å². The Morgan fingerprint density at radius 3 is 2.03 bits per heavy atom. The average Bonchev–Trinajstić information content (AvgIpc) is 2.78. The topological polar surface area (TPSA) is 131 Å². The molecule has 3 unspecified atom stereocenters. The van der Waals surface area contributed by atoms with Crippen molar-refractivity contribution >= 4 is 17.8 Å². The van der Waals surface area contributed by atoms with Crippen LogP contribution in [0.4, 0.5) is 0 Å². The number of hydrogen-bond donors (Lipinski definition) is 3. The van der Waals surface area contributed by atoms with Crippen LogP contribution in [0.1, 0.15) is 27.6 Å². The van der Waals surface area contributed by atoms with E-state index >= 15 is 0 Å². The predicted molar refractivity (Wildman–Crippen MR) is 107 cm³/mol. The number of benzene rings is 2. The lowest BCUT2D eigenvalue weighted by Crippen LogP contribution is -2.65. The van der Waals surface area contributed by atoms with Gasteiger partial charge in [0, 0.05) is 6.92 Å². The minimum Gasteiger partial charge on any atom is -0.459 e. The van der Waals surface area contributed by atoms with Crippen molar-refractivity contribution in [1.82, 2.24) is 5.32 Å². The predicted octanol–water partition coefficient (Wildman–Crippen LogP) is 0.652. The number of aliphatic hydroxyl groups is 2. The molecule has 9 heteroatoms. The molecule has 9 nitrogen and oxygen atoms in total. The van der Waals surface area contributed by atoms with Crippen molar-refractivity contribution in [3.05, 3.63) is 71.8 Å². The molecule has 1 aliphatic rings. The van der Waals surface area contributed by atoms with Crippen LogP contribution in [-0.2, 0) is 19.0 Å². The van der Waals surface area contributed by atoms with E-state index in [0.29, 0.717) is 5.56 Å². The van der Waals surface area contributed by atoms with Gasteiger partial charge in [0.15, 0.2) is 12.4 Å². The maximum absolute atomic E-state index is 12.5. The minimum absolute atomic E-state index is 0.226. The highest BCUT2D eigenvalue weighted by atomic mass is 16.6. The van der Waals surface area contributed by atoms with Crippen molar-refractivity contribution in [3.63, 3.8) is 0 Å². The largest absolute Gasteiger partial charge is 0.459 e. The van der Waals surface area contributed by atoms with Gasteiger partial charge in [-0.25, -0.2) is 9.59 Å². The zero-order valence-corrected chi connectivity index (χ0v) is 16.7. The highest BCUT2D eigenvalue weighted by Gasteiger charge is 2.48. The lowest BCUT2D eigenvalue weighted by Gasteiger charge is -2.42. The van der Waals surface area contributed by atoms with E-state index in [1.54, 1.807) is 48.5 Å². The second kappa shape index (κ2) is 10.2. The Hall–Kier alpha value is -3.27. The van der Waals surface area contributed by atoms with Crippen molar-refractivity contribution in [2.24, 2.45) is 0 Å². The molecular weight excluding hydrogens is 406 g/mol. The normalized spacial score (nSPS) is 25.3. The number of aliphatic hydroxyl groups excluding tert-OH is 2. The fourth-order valence-corrected chi connectivity index (χ4v) is 3.18. The molecule has 1 heterocycles.